The van der Waals surface area contributed by atoms with E-state index >= 15 is 0 Å². The number of pyridine rings is 1. The number of hydrogen-bond acceptors (Lipinski definition) is 4. The Morgan fingerprint density at radius 2 is 1.93 bits per heavy atom. The molecule has 0 aliphatic carbocycles. The fraction of sp³-hybridized carbons (Fsp3) is 0.263. The highest BCUT2D eigenvalue weighted by molar-refractivity contribution is 9.10. The van der Waals surface area contributed by atoms with Gasteiger partial charge in [-0.1, -0.05) is 13.8 Å². The van der Waals surface area contributed by atoms with Crippen molar-refractivity contribution in [3.63, 3.8) is 0 Å². The van der Waals surface area contributed by atoms with Gasteiger partial charge in [0.2, 0.25) is 10.0 Å². The van der Waals surface area contributed by atoms with Crippen LogP contribution >= 0.6 is 15.9 Å². The molecule has 3 rings (SSSR count). The van der Waals surface area contributed by atoms with E-state index in [-0.39, 0.29) is 30.1 Å². The molecule has 0 aliphatic heterocycles. The predicted molar refractivity (Wildman–Crippen MR) is 111 cm³/mol. The molecule has 0 radical (unpaired) electrons. The summed E-state index contributed by atoms with van der Waals surface area (Å²) in [7, 11) is -3.80. The number of carbonyl (C=O) groups excluding carboxylic acids is 1. The van der Waals surface area contributed by atoms with Gasteiger partial charge in [0.05, 0.1) is 22.7 Å². The van der Waals surface area contributed by atoms with Crippen molar-refractivity contribution in [2.45, 2.75) is 25.3 Å². The lowest BCUT2D eigenvalue weighted by molar-refractivity contribution is 0.0946. The highest BCUT2D eigenvalue weighted by Gasteiger charge is 2.24. The summed E-state index contributed by atoms with van der Waals surface area (Å²) >= 11 is 3.37. The minimum absolute atomic E-state index is 0.0740. The maximum absolute atomic E-state index is 14.2. The van der Waals surface area contributed by atoms with Crippen LogP contribution in [0.25, 0.3) is 5.65 Å². The maximum Gasteiger partial charge on any atom is 0.254 e. The zero-order valence-electron chi connectivity index (χ0n) is 15.9. The maximum atomic E-state index is 14.2. The van der Waals surface area contributed by atoms with E-state index < -0.39 is 21.7 Å². The standard InChI is InChI=1S/C19H20BrFN4O3S/c1-3-25(4-2)29(27,28)15-6-7-17(21)16(9-15)19(26)22-10-14-12-24-11-13(20)5-8-18(24)23-14/h5-9,11-12H,3-4,10H2,1-2H3,(H,22,26). The molecule has 1 N–H and O–H groups in total. The monoisotopic (exact) mass is 482 g/mol. The predicted octanol–water partition coefficient (Wildman–Crippen LogP) is 3.20. The lowest BCUT2D eigenvalue weighted by Crippen LogP contribution is -2.31. The first kappa shape index (κ1) is 21.4. The fourth-order valence-electron chi connectivity index (χ4n) is 2.92. The molecule has 0 aliphatic rings. The molecule has 2 heterocycles. The molecule has 10 heteroatoms. The van der Waals surface area contributed by atoms with Crippen molar-refractivity contribution in [1.29, 1.82) is 0 Å². The third-order valence-electron chi connectivity index (χ3n) is 4.42. The summed E-state index contributed by atoms with van der Waals surface area (Å²) in [4.78, 5) is 16.7. The van der Waals surface area contributed by atoms with Crippen LogP contribution in [0.15, 0.2) is 52.1 Å². The van der Waals surface area contributed by atoms with Gasteiger partial charge in [-0.05, 0) is 46.3 Å². The number of nitrogens with one attached hydrogen (secondary N) is 1. The van der Waals surface area contributed by atoms with Gasteiger partial charge in [0.25, 0.3) is 5.91 Å². The molecule has 0 spiro atoms. The zero-order chi connectivity index (χ0) is 21.2. The van der Waals surface area contributed by atoms with E-state index in [0.29, 0.717) is 11.3 Å². The third-order valence-corrected chi connectivity index (χ3v) is 6.94. The van der Waals surface area contributed by atoms with Crippen molar-refractivity contribution in [3.8, 4) is 0 Å². The van der Waals surface area contributed by atoms with Crippen LogP contribution in [0, 0.1) is 5.82 Å². The normalized spacial score (nSPS) is 11.9. The molecule has 3 aromatic rings. The molecule has 0 unspecified atom stereocenters. The van der Waals surface area contributed by atoms with Crippen molar-refractivity contribution in [2.75, 3.05) is 13.1 Å². The van der Waals surface area contributed by atoms with Crippen molar-refractivity contribution in [3.05, 3.63) is 64.3 Å². The van der Waals surface area contributed by atoms with Gasteiger partial charge in [-0.2, -0.15) is 4.31 Å². The zero-order valence-corrected chi connectivity index (χ0v) is 18.3. The van der Waals surface area contributed by atoms with Crippen molar-refractivity contribution in [1.82, 2.24) is 19.0 Å². The van der Waals surface area contributed by atoms with Gasteiger partial charge < -0.3 is 9.72 Å². The number of amides is 1. The Hall–Kier alpha value is -2.30. The summed E-state index contributed by atoms with van der Waals surface area (Å²) in [5.74, 6) is -1.50. The Kier molecular flexibility index (Phi) is 6.35. The molecule has 29 heavy (non-hydrogen) atoms. The average Bonchev–Trinajstić information content (AvgIpc) is 3.09. The van der Waals surface area contributed by atoms with Gasteiger partial charge in [0, 0.05) is 30.0 Å². The van der Waals surface area contributed by atoms with Crippen LogP contribution in [0.5, 0.6) is 0 Å². The van der Waals surface area contributed by atoms with Crippen molar-refractivity contribution < 1.29 is 17.6 Å². The van der Waals surface area contributed by atoms with Crippen LogP contribution < -0.4 is 5.32 Å². The van der Waals surface area contributed by atoms with Crippen LogP contribution in [0.2, 0.25) is 0 Å². The number of rotatable bonds is 7. The van der Waals surface area contributed by atoms with Gasteiger partial charge in [0.1, 0.15) is 11.5 Å². The van der Waals surface area contributed by atoms with Gasteiger partial charge >= 0.3 is 0 Å². The summed E-state index contributed by atoms with van der Waals surface area (Å²) in [6.07, 6.45) is 3.58. The van der Waals surface area contributed by atoms with E-state index in [1.807, 2.05) is 18.3 Å². The van der Waals surface area contributed by atoms with Crippen LogP contribution in [0.1, 0.15) is 29.9 Å². The number of imidazole rings is 1. The van der Waals surface area contributed by atoms with Crippen LogP contribution in [0.4, 0.5) is 4.39 Å². The first-order valence-electron chi connectivity index (χ1n) is 8.97. The molecule has 7 nitrogen and oxygen atoms in total. The number of benzene rings is 1. The number of carbonyl (C=O) groups is 1. The lowest BCUT2D eigenvalue weighted by atomic mass is 10.2. The van der Waals surface area contributed by atoms with E-state index in [9.17, 15) is 17.6 Å². The van der Waals surface area contributed by atoms with Gasteiger partial charge in [-0.15, -0.1) is 0 Å². The van der Waals surface area contributed by atoms with Crippen molar-refractivity contribution in [2.24, 2.45) is 0 Å². The fourth-order valence-corrected chi connectivity index (χ4v) is 4.76. The number of fused-ring (bicyclic) bond motifs is 1. The van der Waals surface area contributed by atoms with Crippen LogP contribution in [-0.4, -0.2) is 41.1 Å². The van der Waals surface area contributed by atoms with E-state index in [2.05, 4.69) is 26.2 Å². The first-order valence-corrected chi connectivity index (χ1v) is 11.2. The quantitative estimate of drug-likeness (QED) is 0.560. The highest BCUT2D eigenvalue weighted by atomic mass is 79.9. The smallest absolute Gasteiger partial charge is 0.254 e. The van der Waals surface area contributed by atoms with Gasteiger partial charge in [-0.25, -0.2) is 17.8 Å². The van der Waals surface area contributed by atoms with E-state index in [0.717, 1.165) is 16.6 Å². The molecule has 0 saturated carbocycles. The summed E-state index contributed by atoms with van der Waals surface area (Å²) in [5.41, 5.74) is 0.962. The minimum atomic E-state index is -3.80. The molecule has 0 saturated heterocycles. The molecule has 0 fully saturated rings. The number of halogens is 2. The lowest BCUT2D eigenvalue weighted by Gasteiger charge is -2.18. The van der Waals surface area contributed by atoms with Crippen LogP contribution in [-0.2, 0) is 16.6 Å². The second-order valence-corrected chi connectivity index (χ2v) is 9.11. The van der Waals surface area contributed by atoms with Gasteiger partial charge in [0.15, 0.2) is 0 Å². The largest absolute Gasteiger partial charge is 0.346 e. The second kappa shape index (κ2) is 8.60. The Labute approximate surface area is 176 Å². The molecule has 1 aromatic carbocycles. The topological polar surface area (TPSA) is 83.8 Å². The Morgan fingerprint density at radius 3 is 2.62 bits per heavy atom. The van der Waals surface area contributed by atoms with Crippen LogP contribution in [0.3, 0.4) is 0 Å². The number of nitrogens with zero attached hydrogens (tertiary/aromatic N) is 3. The third kappa shape index (κ3) is 4.49. The summed E-state index contributed by atoms with van der Waals surface area (Å²) in [6.45, 7) is 4.06. The molecular weight excluding hydrogens is 463 g/mol. The molecule has 2 aromatic heterocycles. The molecule has 0 atom stereocenters. The summed E-state index contributed by atoms with van der Waals surface area (Å²) < 4.78 is 43.4. The Balaban J connectivity index is 1.81. The number of sulfonamides is 1. The Morgan fingerprint density at radius 1 is 1.21 bits per heavy atom. The average molecular weight is 483 g/mol. The highest BCUT2D eigenvalue weighted by Crippen LogP contribution is 2.19. The molecule has 0 bridgehead atoms. The molecule has 154 valence electrons. The number of hydrogen-bond donors (Lipinski definition) is 1. The Bertz CT molecular complexity index is 1160. The second-order valence-electron chi connectivity index (χ2n) is 6.26. The van der Waals surface area contributed by atoms with Gasteiger partial charge in [-0.3, -0.25) is 4.79 Å². The summed E-state index contributed by atoms with van der Waals surface area (Å²) in [6, 6.07) is 6.89. The van der Waals surface area contributed by atoms with E-state index in [1.54, 1.807) is 24.4 Å². The van der Waals surface area contributed by atoms with E-state index in [4.69, 9.17) is 0 Å². The number of aromatic nitrogens is 2. The molecule has 1 amide bonds. The van der Waals surface area contributed by atoms with E-state index in [1.165, 1.54) is 10.4 Å². The van der Waals surface area contributed by atoms with Crippen molar-refractivity contribution >= 4 is 37.5 Å². The summed E-state index contributed by atoms with van der Waals surface area (Å²) in [5, 5.41) is 2.59. The molecular formula is C19H20BrFN4O3S. The minimum Gasteiger partial charge on any atom is -0.346 e. The first-order chi connectivity index (χ1) is 13.8. The SMILES string of the molecule is CCN(CC)S(=O)(=O)c1ccc(F)c(C(=O)NCc2cn3cc(Br)ccc3n2)c1.